The highest BCUT2D eigenvalue weighted by Crippen LogP contribution is 2.26. The fraction of sp³-hybridized carbons (Fsp3) is 0.310. The summed E-state index contributed by atoms with van der Waals surface area (Å²) >= 11 is 6.39. The van der Waals surface area contributed by atoms with Crippen molar-refractivity contribution >= 4 is 39.1 Å². The minimum absolute atomic E-state index is 0.000855. The van der Waals surface area contributed by atoms with Crippen molar-refractivity contribution in [2.45, 2.75) is 57.6 Å². The number of halogens is 2. The Hall–Kier alpha value is -3.43. The maximum Gasteiger partial charge on any atom is 0.264 e. The second kappa shape index (κ2) is 13.1. The molecule has 0 fully saturated rings. The molecule has 0 heterocycles. The molecule has 0 aliphatic rings. The van der Waals surface area contributed by atoms with E-state index in [1.807, 2.05) is 20.8 Å². The SMILES string of the molecule is CC[C@H](C(=O)NC(C)C)N(Cc1ccccc1Cl)C(=O)CN(c1ccc(C)cc1)S(=O)(=O)c1ccc(F)cc1. The first-order valence-electron chi connectivity index (χ1n) is 12.6. The van der Waals surface area contributed by atoms with Crippen LogP contribution in [0.1, 0.15) is 38.3 Å². The van der Waals surface area contributed by atoms with Crippen LogP contribution in [-0.4, -0.2) is 43.8 Å². The van der Waals surface area contributed by atoms with Gasteiger partial charge < -0.3 is 10.2 Å². The summed E-state index contributed by atoms with van der Waals surface area (Å²) in [5.74, 6) is -1.53. The summed E-state index contributed by atoms with van der Waals surface area (Å²) in [7, 11) is -4.27. The third kappa shape index (κ3) is 7.58. The van der Waals surface area contributed by atoms with Gasteiger partial charge in [0, 0.05) is 17.6 Å². The van der Waals surface area contributed by atoms with Crippen LogP contribution in [0.15, 0.2) is 77.7 Å². The number of aryl methyl sites for hydroxylation is 1. The third-order valence-electron chi connectivity index (χ3n) is 6.12. The molecule has 0 radical (unpaired) electrons. The Bertz CT molecular complexity index is 1400. The molecule has 3 aromatic carbocycles. The molecule has 7 nitrogen and oxygen atoms in total. The van der Waals surface area contributed by atoms with Crippen molar-refractivity contribution in [2.75, 3.05) is 10.8 Å². The average molecular weight is 574 g/mol. The van der Waals surface area contributed by atoms with Gasteiger partial charge in [-0.1, -0.05) is 54.4 Å². The summed E-state index contributed by atoms with van der Waals surface area (Å²) in [5, 5.41) is 3.27. The molecule has 0 aromatic heterocycles. The zero-order chi connectivity index (χ0) is 28.7. The molecule has 0 saturated heterocycles. The average Bonchev–Trinajstić information content (AvgIpc) is 2.88. The number of rotatable bonds is 11. The molecule has 0 saturated carbocycles. The Morgan fingerprint density at radius 2 is 1.59 bits per heavy atom. The molecule has 0 bridgehead atoms. The van der Waals surface area contributed by atoms with Gasteiger partial charge in [0.15, 0.2) is 0 Å². The van der Waals surface area contributed by atoms with Crippen LogP contribution in [-0.2, 0) is 26.2 Å². The minimum atomic E-state index is -4.27. The van der Waals surface area contributed by atoms with Gasteiger partial charge in [-0.2, -0.15) is 0 Å². The van der Waals surface area contributed by atoms with Gasteiger partial charge in [-0.15, -0.1) is 0 Å². The summed E-state index contributed by atoms with van der Waals surface area (Å²) in [6.45, 7) is 6.70. The normalized spacial score (nSPS) is 12.2. The van der Waals surface area contributed by atoms with E-state index in [1.165, 1.54) is 4.90 Å². The second-order valence-electron chi connectivity index (χ2n) is 9.50. The number of anilines is 1. The number of amides is 2. The summed E-state index contributed by atoms with van der Waals surface area (Å²) in [6.07, 6.45) is 0.296. The van der Waals surface area contributed by atoms with Crippen LogP contribution in [0.25, 0.3) is 0 Å². The highest BCUT2D eigenvalue weighted by atomic mass is 35.5. The Balaban J connectivity index is 2.07. The van der Waals surface area contributed by atoms with Gasteiger partial charge in [0.05, 0.1) is 10.6 Å². The molecule has 0 aliphatic heterocycles. The first kappa shape index (κ1) is 30.1. The fourth-order valence-electron chi connectivity index (χ4n) is 4.08. The van der Waals surface area contributed by atoms with Gasteiger partial charge in [-0.05, 0) is 75.2 Å². The molecule has 0 spiro atoms. The van der Waals surface area contributed by atoms with Crippen molar-refractivity contribution in [3.05, 3.63) is 94.8 Å². The molecule has 2 amide bonds. The molecular formula is C29H33ClFN3O4S. The van der Waals surface area contributed by atoms with Crippen molar-refractivity contribution in [3.8, 4) is 0 Å². The Morgan fingerprint density at radius 1 is 0.974 bits per heavy atom. The van der Waals surface area contributed by atoms with Gasteiger partial charge in [0.25, 0.3) is 10.0 Å². The van der Waals surface area contributed by atoms with Gasteiger partial charge in [-0.3, -0.25) is 13.9 Å². The summed E-state index contributed by atoms with van der Waals surface area (Å²) in [5.41, 5.74) is 1.78. The van der Waals surface area contributed by atoms with E-state index in [4.69, 9.17) is 11.6 Å². The first-order chi connectivity index (χ1) is 18.4. The maximum absolute atomic E-state index is 14.0. The van der Waals surface area contributed by atoms with E-state index < -0.39 is 34.3 Å². The molecule has 10 heteroatoms. The highest BCUT2D eigenvalue weighted by Gasteiger charge is 2.34. The number of hydrogen-bond donors (Lipinski definition) is 1. The Morgan fingerprint density at radius 3 is 2.15 bits per heavy atom. The summed E-state index contributed by atoms with van der Waals surface area (Å²) in [6, 6.07) is 17.0. The number of carbonyl (C=O) groups excluding carboxylic acids is 2. The predicted molar refractivity (Wildman–Crippen MR) is 151 cm³/mol. The number of hydrogen-bond acceptors (Lipinski definition) is 4. The Kier molecular flexibility index (Phi) is 10.1. The fourth-order valence-corrected chi connectivity index (χ4v) is 5.69. The Labute approximate surface area is 234 Å². The molecule has 3 rings (SSSR count). The van der Waals surface area contributed by atoms with Crippen molar-refractivity contribution < 1.29 is 22.4 Å². The topological polar surface area (TPSA) is 86.8 Å². The van der Waals surface area contributed by atoms with E-state index in [9.17, 15) is 22.4 Å². The lowest BCUT2D eigenvalue weighted by atomic mass is 10.1. The highest BCUT2D eigenvalue weighted by molar-refractivity contribution is 7.92. The smallest absolute Gasteiger partial charge is 0.264 e. The van der Waals surface area contributed by atoms with Crippen molar-refractivity contribution in [1.29, 1.82) is 0 Å². The van der Waals surface area contributed by atoms with Crippen LogP contribution in [0, 0.1) is 12.7 Å². The minimum Gasteiger partial charge on any atom is -0.352 e. The molecular weight excluding hydrogens is 541 g/mol. The number of carbonyl (C=O) groups is 2. The van der Waals surface area contributed by atoms with E-state index >= 15 is 0 Å². The van der Waals surface area contributed by atoms with Gasteiger partial charge >= 0.3 is 0 Å². The standard InChI is InChI=1S/C29H33ClFN3O4S/c1-5-27(29(36)32-20(2)3)33(18-22-8-6-7-9-26(22)30)28(35)19-34(24-14-10-21(4)11-15-24)39(37,38)25-16-12-23(31)13-17-25/h6-17,20,27H,5,18-19H2,1-4H3,(H,32,36)/t27-/m1/s1. The zero-order valence-corrected chi connectivity index (χ0v) is 24.0. The molecule has 208 valence electrons. The van der Waals surface area contributed by atoms with Crippen molar-refractivity contribution in [3.63, 3.8) is 0 Å². The molecule has 39 heavy (non-hydrogen) atoms. The van der Waals surface area contributed by atoms with Crippen LogP contribution < -0.4 is 9.62 Å². The first-order valence-corrected chi connectivity index (χ1v) is 14.4. The third-order valence-corrected chi connectivity index (χ3v) is 8.27. The van der Waals surface area contributed by atoms with Gasteiger partial charge in [-0.25, -0.2) is 12.8 Å². The van der Waals surface area contributed by atoms with Crippen LogP contribution >= 0.6 is 11.6 Å². The summed E-state index contributed by atoms with van der Waals surface area (Å²) < 4.78 is 42.1. The molecule has 0 unspecified atom stereocenters. The number of nitrogens with zero attached hydrogens (tertiary/aromatic N) is 2. The molecule has 1 N–H and O–H groups in total. The maximum atomic E-state index is 14.0. The van der Waals surface area contributed by atoms with E-state index in [0.29, 0.717) is 17.0 Å². The predicted octanol–water partition coefficient (Wildman–Crippen LogP) is 5.31. The lowest BCUT2D eigenvalue weighted by Crippen LogP contribution is -2.53. The van der Waals surface area contributed by atoms with Crippen LogP contribution in [0.4, 0.5) is 10.1 Å². The van der Waals surface area contributed by atoms with Crippen molar-refractivity contribution in [1.82, 2.24) is 10.2 Å². The van der Waals surface area contributed by atoms with E-state index in [1.54, 1.807) is 55.5 Å². The lowest BCUT2D eigenvalue weighted by Gasteiger charge is -2.33. The zero-order valence-electron chi connectivity index (χ0n) is 22.4. The molecule has 0 aliphatic carbocycles. The van der Waals surface area contributed by atoms with E-state index in [0.717, 1.165) is 34.1 Å². The number of nitrogens with one attached hydrogen (secondary N) is 1. The van der Waals surface area contributed by atoms with Crippen molar-refractivity contribution in [2.24, 2.45) is 0 Å². The van der Waals surface area contributed by atoms with E-state index in [2.05, 4.69) is 5.32 Å². The largest absolute Gasteiger partial charge is 0.352 e. The summed E-state index contributed by atoms with van der Waals surface area (Å²) in [4.78, 5) is 28.3. The van der Waals surface area contributed by atoms with Crippen LogP contribution in [0.2, 0.25) is 5.02 Å². The second-order valence-corrected chi connectivity index (χ2v) is 11.8. The quantitative estimate of drug-likeness (QED) is 0.337. The van der Waals surface area contributed by atoms with Crippen LogP contribution in [0.3, 0.4) is 0 Å². The molecule has 1 atom stereocenters. The van der Waals surface area contributed by atoms with Gasteiger partial charge in [0.1, 0.15) is 18.4 Å². The van der Waals surface area contributed by atoms with Gasteiger partial charge in [0.2, 0.25) is 11.8 Å². The number of benzene rings is 3. The number of sulfonamides is 1. The molecule has 3 aromatic rings. The van der Waals surface area contributed by atoms with E-state index in [-0.39, 0.29) is 29.1 Å². The monoisotopic (exact) mass is 573 g/mol. The van der Waals surface area contributed by atoms with Crippen LogP contribution in [0.5, 0.6) is 0 Å². The lowest BCUT2D eigenvalue weighted by molar-refractivity contribution is -0.140.